The third-order valence-corrected chi connectivity index (χ3v) is 5.40. The van der Waals surface area contributed by atoms with Crippen LogP contribution in [0.4, 0.5) is 10.5 Å². The van der Waals surface area contributed by atoms with E-state index < -0.39 is 0 Å². The molecule has 0 radical (unpaired) electrons. The molecule has 2 aliphatic rings. The molecular weight excluding hydrogens is 374 g/mol. The molecule has 2 fully saturated rings. The van der Waals surface area contributed by atoms with Crippen LogP contribution >= 0.6 is 15.9 Å². The van der Waals surface area contributed by atoms with Crippen LogP contribution in [0.2, 0.25) is 0 Å². The first-order chi connectivity index (χ1) is 11.6. The predicted molar refractivity (Wildman–Crippen MR) is 95.0 cm³/mol. The fourth-order valence-electron chi connectivity index (χ4n) is 3.13. The number of likely N-dealkylation sites (tertiary alicyclic amines) is 1. The summed E-state index contributed by atoms with van der Waals surface area (Å²) in [5.41, 5.74) is 1.83. The highest BCUT2D eigenvalue weighted by Crippen LogP contribution is 2.24. The monoisotopic (exact) mass is 395 g/mol. The zero-order valence-electron chi connectivity index (χ0n) is 13.8. The molecule has 1 aromatic carbocycles. The quantitative estimate of drug-likeness (QED) is 0.836. The van der Waals surface area contributed by atoms with Gasteiger partial charge in [0.15, 0.2) is 0 Å². The number of urea groups is 1. The second-order valence-electron chi connectivity index (χ2n) is 6.18. The molecule has 7 heteroatoms. The largest absolute Gasteiger partial charge is 0.378 e. The van der Waals surface area contributed by atoms with Crippen LogP contribution in [0, 0.1) is 6.92 Å². The van der Waals surface area contributed by atoms with Gasteiger partial charge in [-0.25, -0.2) is 4.79 Å². The zero-order chi connectivity index (χ0) is 17.1. The van der Waals surface area contributed by atoms with E-state index in [2.05, 4.69) is 21.2 Å². The number of ether oxygens (including phenoxy) is 1. The van der Waals surface area contributed by atoms with Crippen LogP contribution in [0.3, 0.4) is 0 Å². The fourth-order valence-corrected chi connectivity index (χ4v) is 3.51. The number of nitrogens with zero attached hydrogens (tertiary/aromatic N) is 2. The van der Waals surface area contributed by atoms with Crippen molar-refractivity contribution in [3.63, 3.8) is 0 Å². The van der Waals surface area contributed by atoms with Crippen molar-refractivity contribution in [2.24, 2.45) is 0 Å². The summed E-state index contributed by atoms with van der Waals surface area (Å²) in [6.07, 6.45) is 1.58. The minimum atomic E-state index is -0.364. The van der Waals surface area contributed by atoms with Crippen LogP contribution in [0.1, 0.15) is 18.4 Å². The Labute approximate surface area is 150 Å². The number of halogens is 1. The van der Waals surface area contributed by atoms with Gasteiger partial charge in [0, 0.05) is 29.8 Å². The summed E-state index contributed by atoms with van der Waals surface area (Å²) in [7, 11) is 0. The van der Waals surface area contributed by atoms with Crippen molar-refractivity contribution < 1.29 is 14.3 Å². The van der Waals surface area contributed by atoms with Crippen LogP contribution in [0.15, 0.2) is 22.7 Å². The van der Waals surface area contributed by atoms with E-state index in [4.69, 9.17) is 4.74 Å². The second kappa shape index (κ2) is 7.53. The third-order valence-electron chi connectivity index (χ3n) is 4.54. The summed E-state index contributed by atoms with van der Waals surface area (Å²) < 4.78 is 6.24. The summed E-state index contributed by atoms with van der Waals surface area (Å²) in [6, 6.07) is 5.11. The number of morpholine rings is 1. The average Bonchev–Trinajstić information content (AvgIpc) is 3.08. The van der Waals surface area contributed by atoms with Gasteiger partial charge < -0.3 is 19.9 Å². The maximum atomic E-state index is 12.7. The van der Waals surface area contributed by atoms with Gasteiger partial charge in [-0.15, -0.1) is 0 Å². The van der Waals surface area contributed by atoms with E-state index in [9.17, 15) is 9.59 Å². The lowest BCUT2D eigenvalue weighted by atomic mass is 10.2. The Morgan fingerprint density at radius 2 is 2.00 bits per heavy atom. The molecule has 3 amide bonds. The molecule has 6 nitrogen and oxygen atoms in total. The first-order valence-corrected chi connectivity index (χ1v) is 9.06. The minimum Gasteiger partial charge on any atom is -0.378 e. The molecule has 0 aromatic heterocycles. The van der Waals surface area contributed by atoms with Crippen LogP contribution in [0.5, 0.6) is 0 Å². The molecule has 2 saturated heterocycles. The number of amides is 3. The van der Waals surface area contributed by atoms with Crippen molar-refractivity contribution >= 4 is 33.6 Å². The molecule has 1 aromatic rings. The van der Waals surface area contributed by atoms with Gasteiger partial charge in [-0.05, 0) is 37.5 Å². The molecular formula is C17H22BrN3O3. The molecule has 2 heterocycles. The Morgan fingerprint density at radius 3 is 2.71 bits per heavy atom. The SMILES string of the molecule is Cc1ccc(NC(=O)N2CCC[C@@H]2C(=O)N2CCOCC2)cc1Br. The summed E-state index contributed by atoms with van der Waals surface area (Å²) in [4.78, 5) is 28.8. The Morgan fingerprint density at radius 1 is 1.25 bits per heavy atom. The number of hydrogen-bond acceptors (Lipinski definition) is 3. The molecule has 0 bridgehead atoms. The lowest BCUT2D eigenvalue weighted by molar-refractivity contribution is -0.139. The van der Waals surface area contributed by atoms with Gasteiger partial charge in [0.2, 0.25) is 5.91 Å². The fraction of sp³-hybridized carbons (Fsp3) is 0.529. The first kappa shape index (κ1) is 17.2. The smallest absolute Gasteiger partial charge is 0.322 e. The highest BCUT2D eigenvalue weighted by Gasteiger charge is 2.37. The highest BCUT2D eigenvalue weighted by molar-refractivity contribution is 9.10. The Bertz CT molecular complexity index is 632. The summed E-state index contributed by atoms with van der Waals surface area (Å²) in [5.74, 6) is 0.0380. The van der Waals surface area contributed by atoms with Gasteiger partial charge in [-0.2, -0.15) is 0 Å². The van der Waals surface area contributed by atoms with Crippen molar-refractivity contribution in [1.82, 2.24) is 9.80 Å². The zero-order valence-corrected chi connectivity index (χ0v) is 15.3. The van der Waals surface area contributed by atoms with Crippen molar-refractivity contribution in [2.45, 2.75) is 25.8 Å². The molecule has 130 valence electrons. The normalized spacial score (nSPS) is 21.0. The summed E-state index contributed by atoms with van der Waals surface area (Å²) in [5, 5.41) is 2.90. The van der Waals surface area contributed by atoms with Crippen LogP contribution in [-0.2, 0) is 9.53 Å². The van der Waals surface area contributed by atoms with E-state index in [0.717, 1.165) is 28.6 Å². The van der Waals surface area contributed by atoms with Crippen LogP contribution in [-0.4, -0.2) is 60.6 Å². The molecule has 0 unspecified atom stereocenters. The van der Waals surface area contributed by atoms with Gasteiger partial charge in [0.05, 0.1) is 13.2 Å². The predicted octanol–water partition coefficient (Wildman–Crippen LogP) is 2.61. The number of benzene rings is 1. The van der Waals surface area contributed by atoms with Gasteiger partial charge >= 0.3 is 6.03 Å². The number of aryl methyl sites for hydroxylation is 1. The standard InChI is InChI=1S/C17H22BrN3O3/c1-12-4-5-13(11-14(12)18)19-17(23)21-6-2-3-15(21)16(22)20-7-9-24-10-8-20/h4-5,11,15H,2-3,6-10H2,1H3,(H,19,23)/t15-/m1/s1. The molecule has 24 heavy (non-hydrogen) atoms. The average molecular weight is 396 g/mol. The summed E-state index contributed by atoms with van der Waals surface area (Å²) in [6.45, 7) is 4.96. The van der Waals surface area contributed by atoms with E-state index in [1.807, 2.05) is 30.0 Å². The van der Waals surface area contributed by atoms with Gasteiger partial charge in [-0.3, -0.25) is 4.79 Å². The maximum absolute atomic E-state index is 12.7. The van der Waals surface area contributed by atoms with E-state index >= 15 is 0 Å². The number of rotatable bonds is 2. The van der Waals surface area contributed by atoms with Gasteiger partial charge in [0.1, 0.15) is 6.04 Å². The van der Waals surface area contributed by atoms with Crippen molar-refractivity contribution in [3.05, 3.63) is 28.2 Å². The first-order valence-electron chi connectivity index (χ1n) is 8.26. The third kappa shape index (κ3) is 3.72. The Balaban J connectivity index is 1.66. The Hall–Kier alpha value is -1.60. The van der Waals surface area contributed by atoms with E-state index in [-0.39, 0.29) is 18.0 Å². The molecule has 1 N–H and O–H groups in total. The van der Waals surface area contributed by atoms with Crippen LogP contribution < -0.4 is 5.32 Å². The highest BCUT2D eigenvalue weighted by atomic mass is 79.9. The van der Waals surface area contributed by atoms with Crippen LogP contribution in [0.25, 0.3) is 0 Å². The molecule has 1 atom stereocenters. The second-order valence-corrected chi connectivity index (χ2v) is 7.04. The van der Waals surface area contributed by atoms with Crippen molar-refractivity contribution in [1.29, 1.82) is 0 Å². The van der Waals surface area contributed by atoms with E-state index in [0.29, 0.717) is 32.8 Å². The van der Waals surface area contributed by atoms with Gasteiger partial charge in [-0.1, -0.05) is 22.0 Å². The molecule has 0 saturated carbocycles. The summed E-state index contributed by atoms with van der Waals surface area (Å²) >= 11 is 3.47. The maximum Gasteiger partial charge on any atom is 0.322 e. The molecule has 3 rings (SSSR count). The number of anilines is 1. The molecule has 0 spiro atoms. The molecule has 2 aliphatic heterocycles. The van der Waals surface area contributed by atoms with E-state index in [1.165, 1.54) is 0 Å². The van der Waals surface area contributed by atoms with Gasteiger partial charge in [0.25, 0.3) is 0 Å². The minimum absolute atomic E-state index is 0.0380. The Kier molecular flexibility index (Phi) is 5.40. The lowest BCUT2D eigenvalue weighted by Crippen LogP contribution is -2.51. The number of hydrogen-bond donors (Lipinski definition) is 1. The molecule has 0 aliphatic carbocycles. The number of carbonyl (C=O) groups is 2. The van der Waals surface area contributed by atoms with Crippen molar-refractivity contribution in [2.75, 3.05) is 38.2 Å². The van der Waals surface area contributed by atoms with E-state index in [1.54, 1.807) is 4.90 Å². The topological polar surface area (TPSA) is 61.9 Å². The number of nitrogens with one attached hydrogen (secondary N) is 1. The lowest BCUT2D eigenvalue weighted by Gasteiger charge is -2.32. The number of carbonyl (C=O) groups excluding carboxylic acids is 2. The van der Waals surface area contributed by atoms with Crippen molar-refractivity contribution in [3.8, 4) is 0 Å².